The minimum absolute atomic E-state index is 0.918. The fraction of sp³-hybridized carbons (Fsp3) is 0.800. The van der Waals surface area contributed by atoms with E-state index in [0.717, 1.165) is 0 Å². The maximum absolute atomic E-state index is 12.7. The highest BCUT2D eigenvalue weighted by molar-refractivity contribution is 6.04. The lowest BCUT2D eigenvalue weighted by Gasteiger charge is -2.27. The van der Waals surface area contributed by atoms with Gasteiger partial charge in [0, 0.05) is 0 Å². The number of rotatable bonds is 4. The van der Waals surface area contributed by atoms with E-state index in [1.54, 1.807) is 0 Å². The number of alkyl halides is 3. The van der Waals surface area contributed by atoms with E-state index < -0.39 is 35.9 Å². The fourth-order valence-corrected chi connectivity index (χ4v) is 0.913. The summed E-state index contributed by atoms with van der Waals surface area (Å²) in [5, 5.41) is 9.31. The van der Waals surface area contributed by atoms with Crippen LogP contribution < -0.4 is 0 Å². The van der Waals surface area contributed by atoms with Crippen LogP contribution in [0.15, 0.2) is 0 Å². The standard InChI is InChI=1S/C10H15F3O5/c1-5(2)17-7(14)9(16,10(11,12)13)8(15)18-6(3)4/h5-6,16H,1-4H3. The maximum atomic E-state index is 12.7. The second kappa shape index (κ2) is 5.55. The molecular formula is C10H15F3O5. The Morgan fingerprint density at radius 3 is 1.39 bits per heavy atom. The Morgan fingerprint density at radius 1 is 0.944 bits per heavy atom. The summed E-state index contributed by atoms with van der Waals surface area (Å²) in [6, 6.07) is 0. The van der Waals surface area contributed by atoms with Crippen LogP contribution in [0.5, 0.6) is 0 Å². The van der Waals surface area contributed by atoms with Gasteiger partial charge >= 0.3 is 23.7 Å². The van der Waals surface area contributed by atoms with E-state index in [9.17, 15) is 27.9 Å². The lowest BCUT2D eigenvalue weighted by atomic mass is 10.0. The van der Waals surface area contributed by atoms with Crippen molar-refractivity contribution < 1.29 is 37.3 Å². The van der Waals surface area contributed by atoms with Crippen LogP contribution in [-0.2, 0) is 19.1 Å². The summed E-state index contributed by atoms with van der Waals surface area (Å²) in [6.07, 6.45) is -7.36. The molecule has 0 aliphatic carbocycles. The van der Waals surface area contributed by atoms with E-state index in [-0.39, 0.29) is 0 Å². The minimum atomic E-state index is -5.52. The molecule has 0 fully saturated rings. The lowest BCUT2D eigenvalue weighted by Crippen LogP contribution is -2.60. The third kappa shape index (κ3) is 3.59. The van der Waals surface area contributed by atoms with Gasteiger partial charge in [-0.25, -0.2) is 9.59 Å². The van der Waals surface area contributed by atoms with Crippen molar-refractivity contribution in [2.24, 2.45) is 0 Å². The van der Waals surface area contributed by atoms with Gasteiger partial charge < -0.3 is 14.6 Å². The molecule has 8 heteroatoms. The molecule has 0 atom stereocenters. The smallest absolute Gasteiger partial charge is 0.439 e. The molecule has 0 rings (SSSR count). The lowest BCUT2D eigenvalue weighted by molar-refractivity contribution is -0.266. The van der Waals surface area contributed by atoms with Gasteiger partial charge in [-0.3, -0.25) is 0 Å². The van der Waals surface area contributed by atoms with Crippen molar-refractivity contribution in [3.63, 3.8) is 0 Å². The molecule has 0 aromatic rings. The van der Waals surface area contributed by atoms with Gasteiger partial charge in [-0.15, -0.1) is 0 Å². The zero-order valence-corrected chi connectivity index (χ0v) is 10.4. The molecule has 0 bridgehead atoms. The number of halogens is 3. The second-order valence-electron chi connectivity index (χ2n) is 4.12. The van der Waals surface area contributed by atoms with E-state index in [1.165, 1.54) is 27.7 Å². The van der Waals surface area contributed by atoms with Gasteiger partial charge in [0.25, 0.3) is 0 Å². The zero-order chi connectivity index (χ0) is 14.7. The molecule has 0 aromatic carbocycles. The Labute approximate surface area is 102 Å². The first kappa shape index (κ1) is 16.7. The molecule has 0 aliphatic rings. The molecule has 0 radical (unpaired) electrons. The van der Waals surface area contributed by atoms with Crippen molar-refractivity contribution >= 4 is 11.9 Å². The number of hydrogen-bond acceptors (Lipinski definition) is 5. The summed E-state index contributed by atoms with van der Waals surface area (Å²) in [7, 11) is 0. The van der Waals surface area contributed by atoms with Crippen LogP contribution in [0.1, 0.15) is 27.7 Å². The molecule has 18 heavy (non-hydrogen) atoms. The average Bonchev–Trinajstić information content (AvgIpc) is 2.11. The van der Waals surface area contributed by atoms with Gasteiger partial charge in [0.2, 0.25) is 0 Å². The van der Waals surface area contributed by atoms with Crippen molar-refractivity contribution in [1.29, 1.82) is 0 Å². The summed E-state index contributed by atoms with van der Waals surface area (Å²) in [5.41, 5.74) is -4.30. The molecule has 1 N–H and O–H groups in total. The Balaban J connectivity index is 5.32. The molecule has 0 saturated heterocycles. The topological polar surface area (TPSA) is 72.8 Å². The van der Waals surface area contributed by atoms with Gasteiger partial charge in [0.1, 0.15) is 0 Å². The Kier molecular flexibility index (Phi) is 5.15. The molecule has 0 aliphatic heterocycles. The third-order valence-electron chi connectivity index (χ3n) is 1.69. The Bertz CT molecular complexity index is 300. The first-order valence-corrected chi connectivity index (χ1v) is 5.14. The summed E-state index contributed by atoms with van der Waals surface area (Å²) in [6.45, 7) is 5.12. The van der Waals surface area contributed by atoms with Crippen molar-refractivity contribution in [3.05, 3.63) is 0 Å². The summed E-state index contributed by atoms with van der Waals surface area (Å²) < 4.78 is 46.4. The molecule has 0 unspecified atom stereocenters. The number of hydrogen-bond donors (Lipinski definition) is 1. The largest absolute Gasteiger partial charge is 0.460 e. The van der Waals surface area contributed by atoms with E-state index in [1.807, 2.05) is 0 Å². The molecule has 0 amide bonds. The highest BCUT2D eigenvalue weighted by Gasteiger charge is 2.68. The highest BCUT2D eigenvalue weighted by atomic mass is 19.4. The van der Waals surface area contributed by atoms with Gasteiger partial charge in [0.15, 0.2) is 0 Å². The maximum Gasteiger partial charge on any atom is 0.439 e. The number of ether oxygens (including phenoxy) is 2. The molecule has 0 heterocycles. The number of esters is 2. The van der Waals surface area contributed by atoms with E-state index in [0.29, 0.717) is 0 Å². The van der Waals surface area contributed by atoms with Gasteiger partial charge in [0.05, 0.1) is 12.2 Å². The van der Waals surface area contributed by atoms with Crippen molar-refractivity contribution in [2.45, 2.75) is 51.7 Å². The van der Waals surface area contributed by atoms with Gasteiger partial charge in [-0.1, -0.05) is 0 Å². The SMILES string of the molecule is CC(C)OC(=O)C(O)(C(=O)OC(C)C)C(F)(F)F. The van der Waals surface area contributed by atoms with Gasteiger partial charge in [-0.2, -0.15) is 13.2 Å². The van der Waals surface area contributed by atoms with Gasteiger partial charge in [-0.05, 0) is 27.7 Å². The summed E-state index contributed by atoms with van der Waals surface area (Å²) >= 11 is 0. The Morgan fingerprint density at radius 2 is 1.22 bits per heavy atom. The van der Waals surface area contributed by atoms with E-state index in [4.69, 9.17) is 0 Å². The van der Waals surface area contributed by atoms with E-state index in [2.05, 4.69) is 9.47 Å². The third-order valence-corrected chi connectivity index (χ3v) is 1.69. The molecule has 0 saturated carbocycles. The summed E-state index contributed by atoms with van der Waals surface area (Å²) in [5.74, 6) is -4.20. The van der Waals surface area contributed by atoms with Crippen LogP contribution in [-0.4, -0.2) is 41.0 Å². The minimum Gasteiger partial charge on any atom is -0.460 e. The van der Waals surface area contributed by atoms with E-state index >= 15 is 0 Å². The highest BCUT2D eigenvalue weighted by Crippen LogP contribution is 2.33. The molecule has 0 aromatic heterocycles. The van der Waals surface area contributed by atoms with Crippen LogP contribution in [0.3, 0.4) is 0 Å². The molecule has 5 nitrogen and oxygen atoms in total. The normalized spacial score (nSPS) is 12.8. The predicted molar refractivity (Wildman–Crippen MR) is 53.5 cm³/mol. The molecule has 106 valence electrons. The average molecular weight is 272 g/mol. The number of carbonyl (C=O) groups excluding carboxylic acids is 2. The molecule has 0 spiro atoms. The second-order valence-corrected chi connectivity index (χ2v) is 4.12. The van der Waals surface area contributed by atoms with Crippen LogP contribution >= 0.6 is 0 Å². The number of carbonyl (C=O) groups is 2. The molecular weight excluding hydrogens is 257 g/mol. The van der Waals surface area contributed by atoms with Crippen LogP contribution in [0.25, 0.3) is 0 Å². The first-order valence-electron chi connectivity index (χ1n) is 5.14. The monoisotopic (exact) mass is 272 g/mol. The predicted octanol–water partition coefficient (Wildman–Crippen LogP) is 1.18. The quantitative estimate of drug-likeness (QED) is 0.614. The van der Waals surface area contributed by atoms with Crippen LogP contribution in [0, 0.1) is 0 Å². The Hall–Kier alpha value is -1.31. The number of aliphatic hydroxyl groups is 1. The van der Waals surface area contributed by atoms with Crippen LogP contribution in [0.2, 0.25) is 0 Å². The van der Waals surface area contributed by atoms with Crippen LogP contribution in [0.4, 0.5) is 13.2 Å². The fourth-order valence-electron chi connectivity index (χ4n) is 0.913. The summed E-state index contributed by atoms with van der Waals surface area (Å²) in [4.78, 5) is 22.5. The first-order chi connectivity index (χ1) is 7.92. The van der Waals surface area contributed by atoms with Crippen molar-refractivity contribution in [1.82, 2.24) is 0 Å². The van der Waals surface area contributed by atoms with Crippen molar-refractivity contribution in [3.8, 4) is 0 Å². The zero-order valence-electron chi connectivity index (χ0n) is 10.4. The van der Waals surface area contributed by atoms with Crippen molar-refractivity contribution in [2.75, 3.05) is 0 Å².